The van der Waals surface area contributed by atoms with E-state index in [1.54, 1.807) is 6.07 Å². The SMILES string of the molecule is Cc1ccc(NN)c(C(=O)NCC(C)N(C)C)c1. The van der Waals surface area contributed by atoms with Crippen LogP contribution in [-0.4, -0.2) is 37.5 Å². The first kappa shape index (κ1) is 14.5. The van der Waals surface area contributed by atoms with Crippen molar-refractivity contribution in [3.05, 3.63) is 29.3 Å². The van der Waals surface area contributed by atoms with Crippen molar-refractivity contribution in [1.82, 2.24) is 10.2 Å². The van der Waals surface area contributed by atoms with E-state index >= 15 is 0 Å². The summed E-state index contributed by atoms with van der Waals surface area (Å²) in [5, 5.41) is 2.91. The average molecular weight is 250 g/mol. The molecule has 0 aliphatic carbocycles. The van der Waals surface area contributed by atoms with E-state index in [2.05, 4.69) is 22.6 Å². The molecule has 18 heavy (non-hydrogen) atoms. The van der Waals surface area contributed by atoms with Crippen LogP contribution in [-0.2, 0) is 0 Å². The second-order valence-electron chi connectivity index (χ2n) is 4.72. The summed E-state index contributed by atoms with van der Waals surface area (Å²) in [5.74, 6) is 5.29. The number of hydrogen-bond acceptors (Lipinski definition) is 4. The van der Waals surface area contributed by atoms with Crippen LogP contribution in [0, 0.1) is 6.92 Å². The van der Waals surface area contributed by atoms with E-state index < -0.39 is 0 Å². The van der Waals surface area contributed by atoms with Gasteiger partial charge in [0, 0.05) is 12.6 Å². The molecular formula is C13H22N4O. The molecule has 1 rings (SSSR count). The van der Waals surface area contributed by atoms with Crippen LogP contribution in [0.4, 0.5) is 5.69 Å². The molecule has 0 aliphatic rings. The van der Waals surface area contributed by atoms with Crippen LogP contribution >= 0.6 is 0 Å². The lowest BCUT2D eigenvalue weighted by Crippen LogP contribution is -2.38. The Morgan fingerprint density at radius 2 is 2.11 bits per heavy atom. The molecule has 1 aromatic rings. The molecule has 100 valence electrons. The van der Waals surface area contributed by atoms with Gasteiger partial charge in [0.15, 0.2) is 0 Å². The first-order valence-corrected chi connectivity index (χ1v) is 5.97. The number of amides is 1. The van der Waals surface area contributed by atoms with Crippen molar-refractivity contribution in [1.29, 1.82) is 0 Å². The number of carbonyl (C=O) groups is 1. The van der Waals surface area contributed by atoms with Gasteiger partial charge < -0.3 is 15.6 Å². The molecular weight excluding hydrogens is 228 g/mol. The number of nitrogens with zero attached hydrogens (tertiary/aromatic N) is 1. The summed E-state index contributed by atoms with van der Waals surface area (Å²) in [7, 11) is 3.96. The van der Waals surface area contributed by atoms with Gasteiger partial charge in [0.2, 0.25) is 0 Å². The number of hydrogen-bond donors (Lipinski definition) is 3. The van der Waals surface area contributed by atoms with Crippen molar-refractivity contribution < 1.29 is 4.79 Å². The van der Waals surface area contributed by atoms with E-state index in [1.165, 1.54) is 0 Å². The molecule has 1 amide bonds. The first-order valence-electron chi connectivity index (χ1n) is 5.97. The molecule has 0 radical (unpaired) electrons. The molecule has 0 saturated carbocycles. The highest BCUT2D eigenvalue weighted by atomic mass is 16.1. The van der Waals surface area contributed by atoms with Crippen LogP contribution in [0.15, 0.2) is 18.2 Å². The first-order chi connectivity index (χ1) is 8.45. The van der Waals surface area contributed by atoms with Crippen molar-refractivity contribution in [2.24, 2.45) is 5.84 Å². The lowest BCUT2D eigenvalue weighted by Gasteiger charge is -2.20. The number of likely N-dealkylation sites (N-methyl/N-ethyl adjacent to an activating group) is 1. The van der Waals surface area contributed by atoms with E-state index in [9.17, 15) is 4.79 Å². The number of nitrogens with two attached hydrogens (primary N) is 1. The Hall–Kier alpha value is -1.59. The lowest BCUT2D eigenvalue weighted by molar-refractivity contribution is 0.0944. The number of benzene rings is 1. The minimum absolute atomic E-state index is 0.111. The Kier molecular flexibility index (Phi) is 5.12. The van der Waals surface area contributed by atoms with Crippen molar-refractivity contribution in [2.45, 2.75) is 19.9 Å². The highest BCUT2D eigenvalue weighted by Gasteiger charge is 2.12. The summed E-state index contributed by atoms with van der Waals surface area (Å²) in [6, 6.07) is 5.83. The van der Waals surface area contributed by atoms with Crippen LogP contribution in [0.3, 0.4) is 0 Å². The Balaban J connectivity index is 2.75. The molecule has 1 aromatic carbocycles. The topological polar surface area (TPSA) is 70.4 Å². The zero-order valence-electron chi connectivity index (χ0n) is 11.4. The molecule has 0 bridgehead atoms. The second-order valence-corrected chi connectivity index (χ2v) is 4.72. The number of carbonyl (C=O) groups excluding carboxylic acids is 1. The van der Waals surface area contributed by atoms with E-state index in [0.717, 1.165) is 5.56 Å². The summed E-state index contributed by atoms with van der Waals surface area (Å²) in [6.07, 6.45) is 0. The number of aryl methyl sites for hydroxylation is 1. The van der Waals surface area contributed by atoms with Crippen molar-refractivity contribution in [3.8, 4) is 0 Å². The minimum atomic E-state index is -0.111. The largest absolute Gasteiger partial charge is 0.350 e. The molecule has 0 fully saturated rings. The molecule has 1 atom stereocenters. The van der Waals surface area contributed by atoms with Crippen LogP contribution in [0.1, 0.15) is 22.8 Å². The van der Waals surface area contributed by atoms with Crippen molar-refractivity contribution in [2.75, 3.05) is 26.1 Å². The van der Waals surface area contributed by atoms with Gasteiger partial charge in [-0.05, 0) is 40.1 Å². The normalized spacial score (nSPS) is 12.3. The van der Waals surface area contributed by atoms with E-state index in [-0.39, 0.29) is 11.9 Å². The Bertz CT molecular complexity index is 417. The van der Waals surface area contributed by atoms with Gasteiger partial charge in [-0.15, -0.1) is 0 Å². The third-order valence-corrected chi connectivity index (χ3v) is 3.01. The van der Waals surface area contributed by atoms with Crippen LogP contribution in [0.5, 0.6) is 0 Å². The maximum atomic E-state index is 12.1. The molecule has 0 aliphatic heterocycles. The highest BCUT2D eigenvalue weighted by Crippen LogP contribution is 2.16. The van der Waals surface area contributed by atoms with Gasteiger partial charge in [0.1, 0.15) is 0 Å². The third-order valence-electron chi connectivity index (χ3n) is 3.01. The monoisotopic (exact) mass is 250 g/mol. The second kappa shape index (κ2) is 6.37. The average Bonchev–Trinajstić information content (AvgIpc) is 2.35. The predicted octanol–water partition coefficient (Wildman–Crippen LogP) is 0.961. The van der Waals surface area contributed by atoms with E-state index in [4.69, 9.17) is 5.84 Å². The Morgan fingerprint density at radius 1 is 1.44 bits per heavy atom. The van der Waals surface area contributed by atoms with E-state index in [1.807, 2.05) is 33.2 Å². The quantitative estimate of drug-likeness (QED) is 0.538. The summed E-state index contributed by atoms with van der Waals surface area (Å²) in [4.78, 5) is 14.1. The molecule has 5 heteroatoms. The molecule has 0 heterocycles. The van der Waals surface area contributed by atoms with Crippen LogP contribution < -0.4 is 16.6 Å². The predicted molar refractivity (Wildman–Crippen MR) is 74.5 cm³/mol. The van der Waals surface area contributed by atoms with Gasteiger partial charge in [0.05, 0.1) is 11.3 Å². The van der Waals surface area contributed by atoms with Gasteiger partial charge in [-0.25, -0.2) is 0 Å². The standard InChI is InChI=1S/C13H22N4O/c1-9-5-6-12(16-14)11(7-9)13(18)15-8-10(2)17(3)4/h5-7,10,16H,8,14H2,1-4H3,(H,15,18). The molecule has 5 nitrogen and oxygen atoms in total. The van der Waals surface area contributed by atoms with E-state index in [0.29, 0.717) is 17.8 Å². The van der Waals surface area contributed by atoms with Gasteiger partial charge >= 0.3 is 0 Å². The lowest BCUT2D eigenvalue weighted by atomic mass is 10.1. The molecule has 0 aromatic heterocycles. The fraction of sp³-hybridized carbons (Fsp3) is 0.462. The van der Waals surface area contributed by atoms with Gasteiger partial charge in [-0.3, -0.25) is 10.6 Å². The summed E-state index contributed by atoms with van der Waals surface area (Å²) < 4.78 is 0. The van der Waals surface area contributed by atoms with Gasteiger partial charge in [0.25, 0.3) is 5.91 Å². The van der Waals surface area contributed by atoms with Crippen LogP contribution in [0.25, 0.3) is 0 Å². The maximum Gasteiger partial charge on any atom is 0.253 e. The number of rotatable bonds is 5. The van der Waals surface area contributed by atoms with Gasteiger partial charge in [-0.1, -0.05) is 11.6 Å². The number of anilines is 1. The smallest absolute Gasteiger partial charge is 0.253 e. The molecule has 0 spiro atoms. The summed E-state index contributed by atoms with van der Waals surface area (Å²) >= 11 is 0. The minimum Gasteiger partial charge on any atom is -0.350 e. The Morgan fingerprint density at radius 3 is 2.67 bits per heavy atom. The summed E-state index contributed by atoms with van der Waals surface area (Å²) in [6.45, 7) is 4.60. The van der Waals surface area contributed by atoms with Crippen molar-refractivity contribution in [3.63, 3.8) is 0 Å². The Labute approximate surface area is 108 Å². The maximum absolute atomic E-state index is 12.1. The number of nitrogen functional groups attached to an aromatic ring is 1. The van der Waals surface area contributed by atoms with Crippen LogP contribution in [0.2, 0.25) is 0 Å². The van der Waals surface area contributed by atoms with Crippen molar-refractivity contribution >= 4 is 11.6 Å². The fourth-order valence-electron chi connectivity index (χ4n) is 1.49. The molecule has 1 unspecified atom stereocenters. The number of nitrogens with one attached hydrogen (secondary N) is 2. The number of hydrazine groups is 1. The molecule has 0 saturated heterocycles. The van der Waals surface area contributed by atoms with Gasteiger partial charge in [-0.2, -0.15) is 0 Å². The zero-order valence-corrected chi connectivity index (χ0v) is 11.4. The zero-order chi connectivity index (χ0) is 13.7. The molecule has 4 N–H and O–H groups in total. The fourth-order valence-corrected chi connectivity index (χ4v) is 1.49. The highest BCUT2D eigenvalue weighted by molar-refractivity contribution is 5.99. The third kappa shape index (κ3) is 3.72. The summed E-state index contributed by atoms with van der Waals surface area (Å²) in [5.41, 5.74) is 4.78.